The molecule has 2 heterocycles. The molecule has 0 radical (unpaired) electrons. The van der Waals surface area contributed by atoms with Crippen LogP contribution >= 0.6 is 11.3 Å². The fourth-order valence-corrected chi connectivity index (χ4v) is 3.22. The van der Waals surface area contributed by atoms with Crippen LogP contribution in [0, 0.1) is 0 Å². The first-order valence-corrected chi connectivity index (χ1v) is 7.05. The molecule has 0 aliphatic carbocycles. The van der Waals surface area contributed by atoms with Gasteiger partial charge < -0.3 is 10.6 Å². The Hall–Kier alpha value is -0.940. The van der Waals surface area contributed by atoms with E-state index in [-0.39, 0.29) is 18.0 Å². The lowest BCUT2D eigenvalue weighted by Gasteiger charge is -2.32. The predicted octanol–water partition coefficient (Wildman–Crippen LogP) is 1.93. The number of carbonyl (C=O) groups excluding carboxylic acids is 1. The van der Waals surface area contributed by atoms with Crippen LogP contribution in [0.3, 0.4) is 0 Å². The first-order valence-electron chi connectivity index (χ1n) is 6.17. The summed E-state index contributed by atoms with van der Waals surface area (Å²) in [5.74, 6) is 0.234. The van der Waals surface area contributed by atoms with Gasteiger partial charge in [0.2, 0.25) is 5.91 Å². The SMILES string of the molecule is CCCN1C(=O)CCCC(N)C1c1cncs1. The molecule has 2 unspecified atom stereocenters. The second kappa shape index (κ2) is 5.60. The minimum atomic E-state index is 0.0254. The second-order valence-corrected chi connectivity index (χ2v) is 5.41. The van der Waals surface area contributed by atoms with E-state index in [9.17, 15) is 4.79 Å². The molecule has 17 heavy (non-hydrogen) atoms. The van der Waals surface area contributed by atoms with Gasteiger partial charge in [-0.05, 0) is 19.3 Å². The van der Waals surface area contributed by atoms with Gasteiger partial charge in [-0.3, -0.25) is 9.78 Å². The van der Waals surface area contributed by atoms with E-state index in [0.29, 0.717) is 6.42 Å². The van der Waals surface area contributed by atoms with Crippen molar-refractivity contribution in [2.75, 3.05) is 6.54 Å². The molecule has 1 fully saturated rings. The number of nitrogens with zero attached hydrogens (tertiary/aromatic N) is 2. The smallest absolute Gasteiger partial charge is 0.223 e. The summed E-state index contributed by atoms with van der Waals surface area (Å²) in [4.78, 5) is 19.3. The molecule has 1 aliphatic heterocycles. The summed E-state index contributed by atoms with van der Waals surface area (Å²) in [6, 6.07) is 0.0610. The maximum Gasteiger partial charge on any atom is 0.223 e. The summed E-state index contributed by atoms with van der Waals surface area (Å²) in [5, 5.41) is 0. The lowest BCUT2D eigenvalue weighted by atomic mass is 10.0. The lowest BCUT2D eigenvalue weighted by Crippen LogP contribution is -2.42. The Labute approximate surface area is 106 Å². The molecule has 5 heteroatoms. The van der Waals surface area contributed by atoms with Crippen LogP contribution < -0.4 is 5.73 Å². The molecule has 2 rings (SSSR count). The maximum atomic E-state index is 12.1. The van der Waals surface area contributed by atoms with Crippen molar-refractivity contribution in [3.63, 3.8) is 0 Å². The number of thiazole rings is 1. The van der Waals surface area contributed by atoms with Crippen molar-refractivity contribution in [1.29, 1.82) is 0 Å². The Morgan fingerprint density at radius 3 is 3.12 bits per heavy atom. The molecule has 1 amide bonds. The topological polar surface area (TPSA) is 59.2 Å². The van der Waals surface area contributed by atoms with Crippen molar-refractivity contribution in [2.24, 2.45) is 5.73 Å². The molecule has 1 aliphatic rings. The van der Waals surface area contributed by atoms with Gasteiger partial charge in [-0.25, -0.2) is 0 Å². The van der Waals surface area contributed by atoms with Crippen LogP contribution in [0.25, 0.3) is 0 Å². The van der Waals surface area contributed by atoms with Crippen molar-refractivity contribution in [2.45, 2.75) is 44.7 Å². The van der Waals surface area contributed by atoms with Crippen LogP contribution in [0.4, 0.5) is 0 Å². The molecule has 1 saturated heterocycles. The highest BCUT2D eigenvalue weighted by atomic mass is 32.1. The first-order chi connectivity index (χ1) is 8.24. The Kier molecular flexibility index (Phi) is 4.12. The van der Waals surface area contributed by atoms with E-state index in [4.69, 9.17) is 5.73 Å². The van der Waals surface area contributed by atoms with Crippen LogP contribution in [0.15, 0.2) is 11.7 Å². The summed E-state index contributed by atoms with van der Waals surface area (Å²) in [6.07, 6.45) is 5.25. The van der Waals surface area contributed by atoms with Crippen LogP contribution in [-0.4, -0.2) is 28.4 Å². The molecule has 94 valence electrons. The van der Waals surface area contributed by atoms with E-state index in [0.717, 1.165) is 30.7 Å². The number of rotatable bonds is 3. The van der Waals surface area contributed by atoms with Crippen molar-refractivity contribution >= 4 is 17.2 Å². The van der Waals surface area contributed by atoms with Crippen molar-refractivity contribution < 1.29 is 4.79 Å². The van der Waals surface area contributed by atoms with Gasteiger partial charge >= 0.3 is 0 Å². The normalized spacial score (nSPS) is 26.0. The van der Waals surface area contributed by atoms with E-state index in [2.05, 4.69) is 11.9 Å². The van der Waals surface area contributed by atoms with Crippen LogP contribution in [-0.2, 0) is 4.79 Å². The summed E-state index contributed by atoms with van der Waals surface area (Å²) in [5.41, 5.74) is 8.05. The van der Waals surface area contributed by atoms with E-state index in [1.807, 2.05) is 16.6 Å². The third-order valence-electron chi connectivity index (χ3n) is 3.20. The number of likely N-dealkylation sites (tertiary alicyclic amines) is 1. The maximum absolute atomic E-state index is 12.1. The predicted molar refractivity (Wildman–Crippen MR) is 68.7 cm³/mol. The van der Waals surface area contributed by atoms with Gasteiger partial charge in [-0.2, -0.15) is 0 Å². The summed E-state index contributed by atoms with van der Waals surface area (Å²) < 4.78 is 0. The highest BCUT2D eigenvalue weighted by Crippen LogP contribution is 2.32. The van der Waals surface area contributed by atoms with Crippen molar-refractivity contribution in [1.82, 2.24) is 9.88 Å². The van der Waals surface area contributed by atoms with Gasteiger partial charge in [0.1, 0.15) is 0 Å². The molecule has 2 N–H and O–H groups in total. The molecular weight excluding hydrogens is 234 g/mol. The number of hydrogen-bond donors (Lipinski definition) is 1. The molecule has 0 spiro atoms. The minimum absolute atomic E-state index is 0.0254. The molecule has 1 aromatic heterocycles. The molecule has 0 aromatic carbocycles. The van der Waals surface area contributed by atoms with Gasteiger partial charge in [0.05, 0.1) is 11.6 Å². The first kappa shape index (κ1) is 12.5. The number of hydrogen-bond acceptors (Lipinski definition) is 4. The molecule has 1 aromatic rings. The van der Waals surface area contributed by atoms with Gasteiger partial charge in [0, 0.05) is 30.1 Å². The summed E-state index contributed by atoms with van der Waals surface area (Å²) in [6.45, 7) is 2.88. The van der Waals surface area contributed by atoms with E-state index < -0.39 is 0 Å². The largest absolute Gasteiger partial charge is 0.333 e. The van der Waals surface area contributed by atoms with E-state index >= 15 is 0 Å². The summed E-state index contributed by atoms with van der Waals surface area (Å²) >= 11 is 1.59. The Morgan fingerprint density at radius 1 is 1.65 bits per heavy atom. The van der Waals surface area contributed by atoms with Crippen LogP contribution in [0.1, 0.15) is 43.5 Å². The van der Waals surface area contributed by atoms with Gasteiger partial charge in [-0.1, -0.05) is 6.92 Å². The van der Waals surface area contributed by atoms with E-state index in [1.54, 1.807) is 11.3 Å². The van der Waals surface area contributed by atoms with Crippen LogP contribution in [0.5, 0.6) is 0 Å². The van der Waals surface area contributed by atoms with Crippen LogP contribution in [0.2, 0.25) is 0 Å². The standard InChI is InChI=1S/C12H19N3OS/c1-2-6-15-11(16)5-3-4-9(13)12(15)10-7-14-8-17-10/h7-9,12H,2-6,13H2,1H3. The molecular formula is C12H19N3OS. The molecule has 4 nitrogen and oxygen atoms in total. The molecule has 0 bridgehead atoms. The monoisotopic (exact) mass is 253 g/mol. The number of aromatic nitrogens is 1. The van der Waals surface area contributed by atoms with Crippen molar-refractivity contribution in [3.8, 4) is 0 Å². The fraction of sp³-hybridized carbons (Fsp3) is 0.667. The Bertz CT molecular complexity index is 366. The Morgan fingerprint density at radius 2 is 2.47 bits per heavy atom. The zero-order valence-corrected chi connectivity index (χ0v) is 10.9. The number of nitrogens with two attached hydrogens (primary N) is 1. The lowest BCUT2D eigenvalue weighted by molar-refractivity contribution is -0.133. The van der Waals surface area contributed by atoms with Gasteiger partial charge in [-0.15, -0.1) is 11.3 Å². The molecule has 2 atom stereocenters. The average molecular weight is 253 g/mol. The third-order valence-corrected chi connectivity index (χ3v) is 4.04. The van der Waals surface area contributed by atoms with Crippen molar-refractivity contribution in [3.05, 3.63) is 16.6 Å². The second-order valence-electron chi connectivity index (χ2n) is 4.49. The highest BCUT2D eigenvalue weighted by molar-refractivity contribution is 7.09. The highest BCUT2D eigenvalue weighted by Gasteiger charge is 2.32. The van der Waals surface area contributed by atoms with E-state index in [1.165, 1.54) is 0 Å². The number of carbonyl (C=O) groups is 1. The average Bonchev–Trinajstić information content (AvgIpc) is 2.77. The molecule has 0 saturated carbocycles. The Balaban J connectivity index is 2.29. The number of amides is 1. The third kappa shape index (κ3) is 2.66. The zero-order chi connectivity index (χ0) is 12.3. The zero-order valence-electron chi connectivity index (χ0n) is 10.1. The van der Waals surface area contributed by atoms with Gasteiger partial charge in [0.25, 0.3) is 0 Å². The minimum Gasteiger partial charge on any atom is -0.333 e. The van der Waals surface area contributed by atoms with Gasteiger partial charge in [0.15, 0.2) is 0 Å². The summed E-state index contributed by atoms with van der Waals surface area (Å²) in [7, 11) is 0. The fourth-order valence-electron chi connectivity index (χ4n) is 2.42. The quantitative estimate of drug-likeness (QED) is 0.895.